The monoisotopic (exact) mass is 185 g/mol. The highest BCUT2D eigenvalue weighted by Crippen LogP contribution is 2.25. The van der Waals surface area contributed by atoms with Crippen molar-refractivity contribution < 1.29 is 4.52 Å². The van der Waals surface area contributed by atoms with Gasteiger partial charge >= 0.3 is 0 Å². The lowest BCUT2D eigenvalue weighted by Gasteiger charge is -1.96. The number of nitrogen functional groups attached to an aromatic ring is 1. The first-order valence-electron chi connectivity index (χ1n) is 4.02. The minimum Gasteiger partial charge on any atom is -0.367 e. The molecule has 0 saturated carbocycles. The van der Waals surface area contributed by atoms with Crippen LogP contribution in [0.25, 0.3) is 11.1 Å². The Kier molecular flexibility index (Phi) is 1.92. The van der Waals surface area contributed by atoms with Gasteiger partial charge in [0.2, 0.25) is 5.88 Å². The van der Waals surface area contributed by atoms with E-state index in [2.05, 4.69) is 5.16 Å². The molecule has 14 heavy (non-hydrogen) atoms. The zero-order valence-corrected chi connectivity index (χ0v) is 7.27. The van der Waals surface area contributed by atoms with Gasteiger partial charge in [0.25, 0.3) is 0 Å². The molecule has 0 amide bonds. The Hall–Kier alpha value is -2.28. The SMILES string of the molecule is N#Cc1ccc(-c2cnoc2N)cc1. The Morgan fingerprint density at radius 3 is 2.50 bits per heavy atom. The highest BCUT2D eigenvalue weighted by atomic mass is 16.5. The van der Waals surface area contributed by atoms with Gasteiger partial charge < -0.3 is 10.3 Å². The minimum absolute atomic E-state index is 0.287. The van der Waals surface area contributed by atoms with Crippen molar-refractivity contribution in [2.75, 3.05) is 5.73 Å². The van der Waals surface area contributed by atoms with Crippen LogP contribution < -0.4 is 5.73 Å². The maximum atomic E-state index is 8.61. The summed E-state index contributed by atoms with van der Waals surface area (Å²) < 4.78 is 4.74. The van der Waals surface area contributed by atoms with Crippen molar-refractivity contribution >= 4 is 5.88 Å². The van der Waals surface area contributed by atoms with E-state index in [-0.39, 0.29) is 5.88 Å². The lowest BCUT2D eigenvalue weighted by Crippen LogP contribution is -1.84. The van der Waals surface area contributed by atoms with Crippen LogP contribution in [0.2, 0.25) is 0 Å². The maximum Gasteiger partial charge on any atom is 0.229 e. The molecular formula is C10H7N3O. The molecule has 2 N–H and O–H groups in total. The van der Waals surface area contributed by atoms with Crippen LogP contribution in [-0.4, -0.2) is 5.16 Å². The van der Waals surface area contributed by atoms with Crippen LogP contribution in [0.4, 0.5) is 5.88 Å². The van der Waals surface area contributed by atoms with E-state index in [1.54, 1.807) is 30.5 Å². The summed E-state index contributed by atoms with van der Waals surface area (Å²) in [6.07, 6.45) is 1.55. The summed E-state index contributed by atoms with van der Waals surface area (Å²) in [5.74, 6) is 0.287. The molecule has 0 aliphatic carbocycles. The maximum absolute atomic E-state index is 8.61. The quantitative estimate of drug-likeness (QED) is 0.734. The topological polar surface area (TPSA) is 75.8 Å². The van der Waals surface area contributed by atoms with Crippen molar-refractivity contribution in [3.8, 4) is 17.2 Å². The summed E-state index contributed by atoms with van der Waals surface area (Å²) in [4.78, 5) is 0. The number of hydrogen-bond donors (Lipinski definition) is 1. The summed E-state index contributed by atoms with van der Waals surface area (Å²) in [6.45, 7) is 0. The van der Waals surface area contributed by atoms with Crippen molar-refractivity contribution in [3.63, 3.8) is 0 Å². The molecule has 4 heteroatoms. The average Bonchev–Trinajstić information content (AvgIpc) is 2.65. The largest absolute Gasteiger partial charge is 0.367 e. The number of hydrogen-bond acceptors (Lipinski definition) is 4. The second kappa shape index (κ2) is 3.23. The highest BCUT2D eigenvalue weighted by Gasteiger charge is 2.05. The minimum atomic E-state index is 0.287. The van der Waals surface area contributed by atoms with E-state index in [4.69, 9.17) is 15.5 Å². The fraction of sp³-hybridized carbons (Fsp3) is 0. The number of benzene rings is 1. The molecule has 1 aromatic heterocycles. The van der Waals surface area contributed by atoms with Gasteiger partial charge in [-0.15, -0.1) is 0 Å². The Balaban J connectivity index is 2.45. The Morgan fingerprint density at radius 2 is 2.00 bits per heavy atom. The van der Waals surface area contributed by atoms with Crippen molar-refractivity contribution in [3.05, 3.63) is 36.0 Å². The third kappa shape index (κ3) is 1.31. The standard InChI is InChI=1S/C10H7N3O/c11-5-7-1-3-8(4-2-7)9-6-13-14-10(9)12/h1-4,6H,12H2. The molecule has 0 aliphatic heterocycles. The molecule has 1 heterocycles. The van der Waals surface area contributed by atoms with Crippen LogP contribution in [0.1, 0.15) is 5.56 Å². The van der Waals surface area contributed by atoms with Crippen LogP contribution in [0.15, 0.2) is 35.0 Å². The average molecular weight is 185 g/mol. The molecule has 0 saturated heterocycles. The van der Waals surface area contributed by atoms with Gasteiger partial charge in [0, 0.05) is 0 Å². The molecule has 4 nitrogen and oxygen atoms in total. The van der Waals surface area contributed by atoms with E-state index in [0.717, 1.165) is 11.1 Å². The molecule has 0 fully saturated rings. The summed E-state index contributed by atoms with van der Waals surface area (Å²) in [5.41, 5.74) is 7.80. The summed E-state index contributed by atoms with van der Waals surface area (Å²) >= 11 is 0. The van der Waals surface area contributed by atoms with Crippen LogP contribution in [0.3, 0.4) is 0 Å². The second-order valence-electron chi connectivity index (χ2n) is 2.79. The third-order valence-corrected chi connectivity index (χ3v) is 1.92. The third-order valence-electron chi connectivity index (χ3n) is 1.92. The number of nitrogens with two attached hydrogens (primary N) is 1. The van der Waals surface area contributed by atoms with Crippen LogP contribution >= 0.6 is 0 Å². The highest BCUT2D eigenvalue weighted by molar-refractivity contribution is 5.72. The zero-order chi connectivity index (χ0) is 9.97. The molecule has 0 unspecified atom stereocenters. The van der Waals surface area contributed by atoms with Crippen molar-refractivity contribution in [2.45, 2.75) is 0 Å². The molecule has 1 aromatic carbocycles. The fourth-order valence-corrected chi connectivity index (χ4v) is 1.19. The van der Waals surface area contributed by atoms with E-state index in [1.165, 1.54) is 0 Å². The number of anilines is 1. The fourth-order valence-electron chi connectivity index (χ4n) is 1.19. The molecule has 0 aliphatic rings. The molecule has 2 rings (SSSR count). The number of nitrogens with zero attached hydrogens (tertiary/aromatic N) is 2. The normalized spacial score (nSPS) is 9.64. The Labute approximate surface area is 80.6 Å². The van der Waals surface area contributed by atoms with Crippen LogP contribution in [0, 0.1) is 11.3 Å². The Bertz CT molecular complexity index is 479. The van der Waals surface area contributed by atoms with Gasteiger partial charge in [-0.05, 0) is 17.7 Å². The van der Waals surface area contributed by atoms with Crippen molar-refractivity contribution in [1.29, 1.82) is 5.26 Å². The molecule has 0 spiro atoms. The Morgan fingerprint density at radius 1 is 1.29 bits per heavy atom. The molecule has 0 bridgehead atoms. The summed E-state index contributed by atoms with van der Waals surface area (Å²) in [6, 6.07) is 9.11. The second-order valence-corrected chi connectivity index (χ2v) is 2.79. The van der Waals surface area contributed by atoms with E-state index in [9.17, 15) is 0 Å². The van der Waals surface area contributed by atoms with Gasteiger partial charge in [-0.1, -0.05) is 17.3 Å². The predicted octanol–water partition coefficient (Wildman–Crippen LogP) is 1.80. The van der Waals surface area contributed by atoms with E-state index >= 15 is 0 Å². The molecule has 2 aromatic rings. The first-order valence-corrected chi connectivity index (χ1v) is 4.02. The number of rotatable bonds is 1. The van der Waals surface area contributed by atoms with Gasteiger partial charge in [-0.3, -0.25) is 0 Å². The molecule has 0 radical (unpaired) electrons. The van der Waals surface area contributed by atoms with Crippen molar-refractivity contribution in [2.24, 2.45) is 0 Å². The number of aromatic nitrogens is 1. The van der Waals surface area contributed by atoms with Gasteiger partial charge in [0.05, 0.1) is 23.4 Å². The van der Waals surface area contributed by atoms with Gasteiger partial charge in [-0.25, -0.2) is 0 Å². The predicted molar refractivity (Wildman–Crippen MR) is 51.1 cm³/mol. The van der Waals surface area contributed by atoms with Crippen LogP contribution in [0.5, 0.6) is 0 Å². The lowest BCUT2D eigenvalue weighted by molar-refractivity contribution is 0.436. The number of nitriles is 1. The summed E-state index contributed by atoms with van der Waals surface area (Å²) in [7, 11) is 0. The van der Waals surface area contributed by atoms with E-state index in [1.807, 2.05) is 6.07 Å². The first kappa shape index (κ1) is 8.32. The zero-order valence-electron chi connectivity index (χ0n) is 7.27. The van der Waals surface area contributed by atoms with E-state index in [0.29, 0.717) is 5.56 Å². The summed E-state index contributed by atoms with van der Waals surface area (Å²) in [5, 5.41) is 12.2. The van der Waals surface area contributed by atoms with Gasteiger partial charge in [0.15, 0.2) is 0 Å². The van der Waals surface area contributed by atoms with Gasteiger partial charge in [-0.2, -0.15) is 5.26 Å². The van der Waals surface area contributed by atoms with E-state index < -0.39 is 0 Å². The molecule has 0 atom stereocenters. The lowest BCUT2D eigenvalue weighted by atomic mass is 10.1. The molecular weight excluding hydrogens is 178 g/mol. The van der Waals surface area contributed by atoms with Crippen LogP contribution in [-0.2, 0) is 0 Å². The smallest absolute Gasteiger partial charge is 0.229 e. The van der Waals surface area contributed by atoms with Gasteiger partial charge in [0.1, 0.15) is 0 Å². The van der Waals surface area contributed by atoms with Crippen molar-refractivity contribution in [1.82, 2.24) is 5.16 Å². The first-order chi connectivity index (χ1) is 6.81. The molecule has 68 valence electrons.